The lowest BCUT2D eigenvalue weighted by Gasteiger charge is -2.43. The average molecular weight is 1630 g/mol. The first kappa shape index (κ1) is 98.0. The van der Waals surface area contributed by atoms with Crippen LogP contribution in [0, 0.1) is 41.4 Å². The van der Waals surface area contributed by atoms with Crippen LogP contribution in [0.25, 0.3) is 0 Å². The predicted octanol–water partition coefficient (Wildman–Crippen LogP) is 4.57. The number of carbonyl (C=O) groups excluding carboxylic acids is 14. The van der Waals surface area contributed by atoms with Gasteiger partial charge in [-0.15, -0.1) is 0 Å². The Morgan fingerprint density at radius 2 is 0.737 bits per heavy atom. The number of carbonyl (C=O) groups is 14. The van der Waals surface area contributed by atoms with Crippen molar-refractivity contribution in [1.29, 1.82) is 0 Å². The number of amides is 14. The molecule has 2 fully saturated rings. The van der Waals surface area contributed by atoms with Crippen molar-refractivity contribution >= 4 is 104 Å². The van der Waals surface area contributed by atoms with Crippen molar-refractivity contribution in [2.45, 2.75) is 227 Å². The van der Waals surface area contributed by atoms with Crippen LogP contribution in [-0.2, 0) is 80.0 Å². The average Bonchev–Trinajstić information content (AvgIpc) is 0.908. The van der Waals surface area contributed by atoms with E-state index < -0.39 is 203 Å². The molecule has 31 heteroatoms. The molecule has 0 saturated carbocycles. The zero-order valence-corrected chi connectivity index (χ0v) is 74.5. The molecule has 0 spiro atoms. The van der Waals surface area contributed by atoms with Gasteiger partial charge in [0.15, 0.2) is 0 Å². The van der Waals surface area contributed by atoms with E-state index in [1.165, 1.54) is 172 Å². The Kier molecular flexibility index (Phi) is 37.5. The SMILES string of the molecule is CCC(C)C(C(=O)N(C)C(C)C(=O)N(C)C(C(=O)N(C)C(C(=O)N(C)C(C(=O)N(C)C(C(=O)N(C)C(C)C(=O)N(C)C(C(=O)N(C)C(C(=O)N(C)C1CSSCC(C(=O)NC(CO)Cc2ccccc2)N(C)C1=O)C(C)C)C(C)C)C(C)C)C(C)C)C(C)C)C(C)C)N(C)C(=O)C(Cc1ccccc1)NC(=O)C1CCC(=O)N1C. The first-order valence-electron chi connectivity index (χ1n) is 39.8. The zero-order chi connectivity index (χ0) is 86.8. The van der Waals surface area contributed by atoms with Gasteiger partial charge >= 0.3 is 0 Å². The third-order valence-corrected chi connectivity index (χ3v) is 25.4. The van der Waals surface area contributed by atoms with Gasteiger partial charge in [-0.05, 0) is 79.2 Å². The van der Waals surface area contributed by atoms with E-state index in [0.29, 0.717) is 12.8 Å². The third kappa shape index (κ3) is 23.5. The molecule has 2 aromatic carbocycles. The Morgan fingerprint density at radius 1 is 0.412 bits per heavy atom. The van der Waals surface area contributed by atoms with Gasteiger partial charge in [-0.3, -0.25) is 67.1 Å². The Labute approximate surface area is 685 Å². The third-order valence-electron chi connectivity index (χ3n) is 23.0. The molecule has 2 aliphatic rings. The Morgan fingerprint density at radius 3 is 1.09 bits per heavy atom. The van der Waals surface area contributed by atoms with Gasteiger partial charge in [0.25, 0.3) is 0 Å². The van der Waals surface area contributed by atoms with Crippen molar-refractivity contribution in [3.05, 3.63) is 71.8 Å². The fourth-order valence-corrected chi connectivity index (χ4v) is 18.2. The Balaban J connectivity index is 1.54. The van der Waals surface area contributed by atoms with E-state index in [4.69, 9.17) is 0 Å². The van der Waals surface area contributed by atoms with Crippen LogP contribution in [-0.4, -0.2) is 334 Å². The molecule has 29 nitrogen and oxygen atoms in total. The first-order chi connectivity index (χ1) is 53.1. The van der Waals surface area contributed by atoms with Crippen molar-refractivity contribution in [2.75, 3.05) is 103 Å². The number of benzene rings is 2. The number of likely N-dealkylation sites (tertiary alicyclic amines) is 1. The van der Waals surface area contributed by atoms with Crippen LogP contribution in [0.3, 0.4) is 0 Å². The van der Waals surface area contributed by atoms with Crippen LogP contribution >= 0.6 is 21.6 Å². The largest absolute Gasteiger partial charge is 0.394 e. The lowest BCUT2D eigenvalue weighted by atomic mass is 9.93. The van der Waals surface area contributed by atoms with Crippen LogP contribution in [0.15, 0.2) is 60.7 Å². The highest BCUT2D eigenvalue weighted by Gasteiger charge is 2.49. The van der Waals surface area contributed by atoms with Crippen LogP contribution in [0.1, 0.15) is 141 Å². The van der Waals surface area contributed by atoms with Crippen LogP contribution in [0.4, 0.5) is 0 Å². The summed E-state index contributed by atoms with van der Waals surface area (Å²) in [7, 11) is 20.4. The fourth-order valence-electron chi connectivity index (χ4n) is 15.6. The standard InChI is InChI=1S/C83H134N14O15S2/c1-29-53(14)70(97(28)75(104)59(43-57-38-34-31-35-39-57)85-71(100)60-40-41-63(99)88(60)19)83(112)87(18)55(16)74(103)92(23)67(50(8)9)80(109)95(26)69(52(12)13)82(111)96(27)68(51(10)11)81(110)93(24)64(47(2)3)77(106)86(17)54(15)73(102)91(22)66(49(6)7)79(108)94(25)65(48(4)5)78(107)90(21)62-46-114-113-45-61(89(20)76(62)105)72(101)84-58(44-98)42-56-36-32-30-33-37-56/h30-39,47-55,58-62,64-70,98H,29,40-46H2,1-28H3,(H,84,101)(H,85,100). The molecule has 0 aliphatic carbocycles. The number of aliphatic hydroxyl groups is 1. The molecule has 2 saturated heterocycles. The summed E-state index contributed by atoms with van der Waals surface area (Å²) < 4.78 is 0. The normalized spacial score (nSPS) is 18.5. The van der Waals surface area contributed by atoms with Crippen molar-refractivity contribution in [3.8, 4) is 0 Å². The molecule has 0 radical (unpaired) electrons. The summed E-state index contributed by atoms with van der Waals surface area (Å²) in [5, 5.41) is 16.0. The van der Waals surface area contributed by atoms with E-state index in [1.807, 2.05) is 74.5 Å². The molecule has 2 heterocycles. The highest BCUT2D eigenvalue weighted by molar-refractivity contribution is 8.76. The van der Waals surface area contributed by atoms with Gasteiger partial charge in [0.1, 0.15) is 78.5 Å². The topological polar surface area (TPSA) is 322 Å². The molecule has 2 aliphatic heterocycles. The number of hydrogen-bond donors (Lipinski definition) is 3. The molecule has 0 bridgehead atoms. The summed E-state index contributed by atoms with van der Waals surface area (Å²) >= 11 is 0. The monoisotopic (exact) mass is 1630 g/mol. The molecule has 114 heavy (non-hydrogen) atoms. The van der Waals surface area contributed by atoms with Gasteiger partial charge in [-0.2, -0.15) is 0 Å². The molecule has 638 valence electrons. The van der Waals surface area contributed by atoms with Gasteiger partial charge in [-0.25, -0.2) is 0 Å². The minimum atomic E-state index is -1.22. The van der Waals surface area contributed by atoms with E-state index in [1.54, 1.807) is 90.1 Å². The van der Waals surface area contributed by atoms with E-state index in [2.05, 4.69) is 10.6 Å². The van der Waals surface area contributed by atoms with Crippen LogP contribution < -0.4 is 10.6 Å². The van der Waals surface area contributed by atoms with Crippen molar-refractivity contribution in [3.63, 3.8) is 0 Å². The van der Waals surface area contributed by atoms with Crippen LogP contribution in [0.2, 0.25) is 0 Å². The molecule has 15 unspecified atom stereocenters. The molecular formula is C83H134N14O15S2. The minimum absolute atomic E-state index is 0.0842. The molecule has 3 N–H and O–H groups in total. The van der Waals surface area contributed by atoms with Crippen LogP contribution in [0.5, 0.6) is 0 Å². The summed E-state index contributed by atoms with van der Waals surface area (Å²) in [6.45, 7) is 27.4. The maximum absolute atomic E-state index is 15.3. The maximum Gasteiger partial charge on any atom is 0.246 e. The predicted molar refractivity (Wildman–Crippen MR) is 444 cm³/mol. The molecule has 4 rings (SSSR count). The van der Waals surface area contributed by atoms with Gasteiger partial charge < -0.3 is 74.5 Å². The second-order valence-corrected chi connectivity index (χ2v) is 35.8. The quantitative estimate of drug-likeness (QED) is 0.0780. The summed E-state index contributed by atoms with van der Waals surface area (Å²) in [5.41, 5.74) is 1.65. The molecule has 15 atom stereocenters. The lowest BCUT2D eigenvalue weighted by molar-refractivity contribution is -0.160. The van der Waals surface area contributed by atoms with E-state index >= 15 is 24.0 Å². The zero-order valence-electron chi connectivity index (χ0n) is 72.9. The van der Waals surface area contributed by atoms with Gasteiger partial charge in [0, 0.05) is 109 Å². The van der Waals surface area contributed by atoms with Crippen molar-refractivity contribution in [1.82, 2.24) is 69.4 Å². The molecule has 2 aromatic rings. The van der Waals surface area contributed by atoms with Gasteiger partial charge in [0.2, 0.25) is 82.7 Å². The fraction of sp³-hybridized carbons (Fsp3) is 0.687. The molecule has 0 aromatic heterocycles. The van der Waals surface area contributed by atoms with E-state index in [0.717, 1.165) is 11.1 Å². The van der Waals surface area contributed by atoms with E-state index in [-0.39, 0.29) is 43.3 Å². The molecule has 14 amide bonds. The second kappa shape index (κ2) is 43.6. The number of hydrogen-bond acceptors (Lipinski definition) is 17. The highest BCUT2D eigenvalue weighted by atomic mass is 33.1. The maximum atomic E-state index is 15.3. The number of nitrogens with zero attached hydrogens (tertiary/aromatic N) is 12. The summed E-state index contributed by atoms with van der Waals surface area (Å²) in [5.74, 6) is -10.9. The van der Waals surface area contributed by atoms with Crippen molar-refractivity contribution in [2.24, 2.45) is 41.4 Å². The number of rotatable bonds is 37. The minimum Gasteiger partial charge on any atom is -0.394 e. The Bertz CT molecular complexity index is 3670. The Hall–Kier alpha value is -8.32. The summed E-state index contributed by atoms with van der Waals surface area (Å²) in [6.07, 6.45) is 1.36. The lowest BCUT2D eigenvalue weighted by Crippen LogP contribution is -2.63. The first-order valence-corrected chi connectivity index (χ1v) is 42.3. The molecular weight excluding hydrogens is 1500 g/mol. The summed E-state index contributed by atoms with van der Waals surface area (Å²) in [4.78, 5) is 220. The summed E-state index contributed by atoms with van der Waals surface area (Å²) in [6, 6.07) is 3.30. The van der Waals surface area contributed by atoms with Gasteiger partial charge in [-0.1, -0.05) is 186 Å². The second-order valence-electron chi connectivity index (χ2n) is 33.2. The smallest absolute Gasteiger partial charge is 0.246 e. The van der Waals surface area contributed by atoms with E-state index in [9.17, 15) is 48.3 Å². The number of aliphatic hydroxyl groups excluding tert-OH is 1. The van der Waals surface area contributed by atoms with Crippen molar-refractivity contribution < 1.29 is 72.2 Å². The van der Waals surface area contributed by atoms with Gasteiger partial charge in [0.05, 0.1) is 12.6 Å². The highest BCUT2D eigenvalue weighted by Crippen LogP contribution is 2.32. The number of likely N-dealkylation sites (N-methyl/N-ethyl adjacent to an activating group) is 12. The number of nitrogens with one attached hydrogen (secondary N) is 2.